The van der Waals surface area contributed by atoms with Crippen LogP contribution in [0.25, 0.3) is 0 Å². The summed E-state index contributed by atoms with van der Waals surface area (Å²) in [7, 11) is 5.10. The highest BCUT2D eigenvalue weighted by Gasteiger charge is 2.10. The molecule has 1 atom stereocenters. The third-order valence-corrected chi connectivity index (χ3v) is 3.20. The van der Waals surface area contributed by atoms with E-state index in [0.717, 1.165) is 28.5 Å². The number of nitrogens with one attached hydrogen (secondary N) is 2. The molecule has 1 rings (SSSR count). The Morgan fingerprint density at radius 2 is 2.10 bits per heavy atom. The van der Waals surface area contributed by atoms with Gasteiger partial charge in [-0.05, 0) is 20.8 Å². The van der Waals surface area contributed by atoms with Gasteiger partial charge in [-0.2, -0.15) is 0 Å². The lowest BCUT2D eigenvalue weighted by Gasteiger charge is -2.18. The topological polar surface area (TPSA) is 67.8 Å². The first-order valence-electron chi connectivity index (χ1n) is 6.98. The first-order valence-corrected chi connectivity index (χ1v) is 6.98. The minimum absolute atomic E-state index is 0.183. The summed E-state index contributed by atoms with van der Waals surface area (Å²) in [5.74, 6) is 1.61. The highest BCUT2D eigenvalue weighted by atomic mass is 16.5. The van der Waals surface area contributed by atoms with E-state index in [2.05, 4.69) is 20.6 Å². The molecule has 0 saturated heterocycles. The van der Waals surface area contributed by atoms with E-state index in [1.165, 1.54) is 0 Å². The van der Waals surface area contributed by atoms with Gasteiger partial charge < -0.3 is 20.1 Å². The predicted octanol–water partition coefficient (Wildman–Crippen LogP) is 1.41. The van der Waals surface area contributed by atoms with E-state index >= 15 is 0 Å². The molecule has 0 aliphatic carbocycles. The lowest BCUT2D eigenvalue weighted by molar-refractivity contribution is 0.179. The van der Waals surface area contributed by atoms with E-state index in [1.54, 1.807) is 21.3 Å². The molecule has 0 aliphatic heterocycles. The minimum atomic E-state index is 0.183. The van der Waals surface area contributed by atoms with Gasteiger partial charge in [-0.3, -0.25) is 9.98 Å². The molecule has 0 radical (unpaired) electrons. The molecule has 0 saturated carbocycles. The monoisotopic (exact) mass is 294 g/mol. The van der Waals surface area contributed by atoms with Crippen molar-refractivity contribution in [2.24, 2.45) is 4.99 Å². The molecule has 21 heavy (non-hydrogen) atoms. The number of methoxy groups -OCH3 is 2. The van der Waals surface area contributed by atoms with Gasteiger partial charge in [0, 0.05) is 37.5 Å². The van der Waals surface area contributed by atoms with Gasteiger partial charge in [-0.1, -0.05) is 0 Å². The van der Waals surface area contributed by atoms with Gasteiger partial charge in [0.25, 0.3) is 0 Å². The highest BCUT2D eigenvalue weighted by molar-refractivity contribution is 5.79. The second kappa shape index (κ2) is 8.46. The maximum absolute atomic E-state index is 5.42. The van der Waals surface area contributed by atoms with Crippen molar-refractivity contribution < 1.29 is 9.47 Å². The molecule has 0 amide bonds. The summed E-state index contributed by atoms with van der Waals surface area (Å²) >= 11 is 0. The zero-order chi connectivity index (χ0) is 15.8. The van der Waals surface area contributed by atoms with E-state index < -0.39 is 0 Å². The molecule has 1 heterocycles. The number of aromatic nitrogens is 1. The van der Waals surface area contributed by atoms with E-state index in [4.69, 9.17) is 9.47 Å². The van der Waals surface area contributed by atoms with E-state index in [9.17, 15) is 0 Å². The Morgan fingerprint density at radius 1 is 1.38 bits per heavy atom. The number of aryl methyl sites for hydroxylation is 1. The summed E-state index contributed by atoms with van der Waals surface area (Å²) in [6, 6.07) is 0.183. The Bertz CT molecular complexity index is 489. The summed E-state index contributed by atoms with van der Waals surface area (Å²) < 4.78 is 10.5. The van der Waals surface area contributed by atoms with Crippen LogP contribution < -0.4 is 15.4 Å². The highest BCUT2D eigenvalue weighted by Crippen LogP contribution is 2.23. The summed E-state index contributed by atoms with van der Waals surface area (Å²) in [5.41, 5.74) is 3.03. The van der Waals surface area contributed by atoms with Crippen LogP contribution in [0.2, 0.25) is 0 Å². The van der Waals surface area contributed by atoms with Crippen molar-refractivity contribution in [1.82, 2.24) is 15.6 Å². The van der Waals surface area contributed by atoms with Crippen LogP contribution in [0.4, 0.5) is 0 Å². The quantitative estimate of drug-likeness (QED) is 0.613. The molecule has 1 unspecified atom stereocenters. The van der Waals surface area contributed by atoms with Crippen molar-refractivity contribution >= 4 is 5.96 Å². The largest absolute Gasteiger partial charge is 0.496 e. The number of hydrogen-bond acceptors (Lipinski definition) is 4. The standard InChI is InChI=1S/C15H26N4O2/c1-10-7-17-13(12(3)14(10)21-6)8-18-15(16-4)19-11(2)9-20-5/h7,11H,8-9H2,1-6H3,(H2,16,18,19). The first kappa shape index (κ1) is 17.2. The Kier molecular flexibility index (Phi) is 6.94. The minimum Gasteiger partial charge on any atom is -0.496 e. The molecule has 0 spiro atoms. The molecule has 6 heteroatoms. The van der Waals surface area contributed by atoms with Crippen LogP contribution in [-0.4, -0.2) is 44.9 Å². The fourth-order valence-electron chi connectivity index (χ4n) is 2.14. The summed E-state index contributed by atoms with van der Waals surface area (Å²) in [4.78, 5) is 8.65. The van der Waals surface area contributed by atoms with Crippen molar-refractivity contribution in [3.63, 3.8) is 0 Å². The Balaban J connectivity index is 2.70. The molecule has 1 aromatic rings. The van der Waals surface area contributed by atoms with Crippen molar-refractivity contribution in [2.45, 2.75) is 33.4 Å². The van der Waals surface area contributed by atoms with E-state index in [0.29, 0.717) is 13.2 Å². The second-order valence-electron chi connectivity index (χ2n) is 4.97. The van der Waals surface area contributed by atoms with E-state index in [1.807, 2.05) is 27.0 Å². The summed E-state index contributed by atoms with van der Waals surface area (Å²) in [6.07, 6.45) is 1.83. The van der Waals surface area contributed by atoms with Gasteiger partial charge in [0.1, 0.15) is 5.75 Å². The molecule has 0 aliphatic rings. The lowest BCUT2D eigenvalue weighted by atomic mass is 10.1. The third kappa shape index (κ3) is 4.90. The SMILES string of the molecule is CN=C(NCc1ncc(C)c(OC)c1C)NC(C)COC. The second-order valence-corrected chi connectivity index (χ2v) is 4.97. The summed E-state index contributed by atoms with van der Waals surface area (Å²) in [5, 5.41) is 6.50. The van der Waals surface area contributed by atoms with Crippen LogP contribution in [0.1, 0.15) is 23.7 Å². The zero-order valence-electron chi connectivity index (χ0n) is 13.8. The Morgan fingerprint density at radius 3 is 2.67 bits per heavy atom. The number of pyridine rings is 1. The molecule has 0 fully saturated rings. The number of guanidine groups is 1. The molecular formula is C15H26N4O2. The Labute approximate surface area is 127 Å². The predicted molar refractivity (Wildman–Crippen MR) is 84.9 cm³/mol. The van der Waals surface area contributed by atoms with Gasteiger partial charge in [0.15, 0.2) is 5.96 Å². The molecule has 0 aromatic carbocycles. The molecule has 1 aromatic heterocycles. The Hall–Kier alpha value is -1.82. The third-order valence-electron chi connectivity index (χ3n) is 3.20. The number of ether oxygens (including phenoxy) is 2. The van der Waals surface area contributed by atoms with Gasteiger partial charge in [-0.25, -0.2) is 0 Å². The zero-order valence-corrected chi connectivity index (χ0v) is 13.8. The van der Waals surface area contributed by atoms with Crippen molar-refractivity contribution in [2.75, 3.05) is 27.9 Å². The van der Waals surface area contributed by atoms with Crippen LogP contribution in [0.5, 0.6) is 5.75 Å². The maximum atomic E-state index is 5.42. The fourth-order valence-corrected chi connectivity index (χ4v) is 2.14. The van der Waals surface area contributed by atoms with Gasteiger partial charge in [-0.15, -0.1) is 0 Å². The van der Waals surface area contributed by atoms with E-state index in [-0.39, 0.29) is 6.04 Å². The fraction of sp³-hybridized carbons (Fsp3) is 0.600. The molecule has 118 valence electrons. The van der Waals surface area contributed by atoms with Crippen molar-refractivity contribution in [3.8, 4) is 5.75 Å². The van der Waals surface area contributed by atoms with Gasteiger partial charge in [0.2, 0.25) is 0 Å². The van der Waals surface area contributed by atoms with Crippen molar-refractivity contribution in [1.29, 1.82) is 0 Å². The van der Waals surface area contributed by atoms with Gasteiger partial charge in [0.05, 0.1) is 26.0 Å². The normalized spacial score (nSPS) is 13.0. The molecule has 2 N–H and O–H groups in total. The maximum Gasteiger partial charge on any atom is 0.191 e. The number of aliphatic imine (C=N–C) groups is 1. The average molecular weight is 294 g/mol. The van der Waals surface area contributed by atoms with Crippen LogP contribution >= 0.6 is 0 Å². The van der Waals surface area contributed by atoms with Crippen LogP contribution in [0.15, 0.2) is 11.2 Å². The molecule has 0 bridgehead atoms. The number of hydrogen-bond donors (Lipinski definition) is 2. The van der Waals surface area contributed by atoms with Crippen molar-refractivity contribution in [3.05, 3.63) is 23.0 Å². The number of nitrogens with zero attached hydrogens (tertiary/aromatic N) is 2. The van der Waals surface area contributed by atoms with Crippen LogP contribution in [0, 0.1) is 13.8 Å². The average Bonchev–Trinajstić information content (AvgIpc) is 2.45. The smallest absolute Gasteiger partial charge is 0.191 e. The number of rotatable bonds is 6. The first-order chi connectivity index (χ1) is 10.0. The lowest BCUT2D eigenvalue weighted by Crippen LogP contribution is -2.43. The van der Waals surface area contributed by atoms with Gasteiger partial charge >= 0.3 is 0 Å². The van der Waals surface area contributed by atoms with Crippen LogP contribution in [0.3, 0.4) is 0 Å². The molecular weight excluding hydrogens is 268 g/mol. The molecule has 6 nitrogen and oxygen atoms in total. The van der Waals surface area contributed by atoms with Crippen LogP contribution in [-0.2, 0) is 11.3 Å². The summed E-state index contributed by atoms with van der Waals surface area (Å²) in [6.45, 7) is 7.25.